The summed E-state index contributed by atoms with van der Waals surface area (Å²) in [6.07, 6.45) is -3.54. The third kappa shape index (κ3) is 8.49. The Morgan fingerprint density at radius 1 is 1.27 bits per heavy atom. The first-order valence-corrected chi connectivity index (χ1v) is 11.1. The lowest BCUT2D eigenvalue weighted by molar-refractivity contribution is -0.275. The first-order valence-electron chi connectivity index (χ1n) is 10.4. The van der Waals surface area contributed by atoms with Crippen molar-refractivity contribution in [2.24, 2.45) is 4.99 Å². The number of nitrogens with one attached hydrogen (secondary N) is 3. The highest BCUT2D eigenvalue weighted by molar-refractivity contribution is 6.42. The first kappa shape index (κ1) is 29.6. The maximum absolute atomic E-state index is 13.7. The van der Waals surface area contributed by atoms with Gasteiger partial charge in [0, 0.05) is 18.3 Å². The van der Waals surface area contributed by atoms with Crippen LogP contribution in [0, 0.1) is 22.7 Å². The van der Waals surface area contributed by atoms with Gasteiger partial charge in [0.2, 0.25) is 11.9 Å². The standard InChI is InChI=1S/C22H20Cl2F4N6O3/c1-2-34(19(36)10-35)17(20(30)12-3-5-14(23)15(24)7-12)9-31-21(32-11-29)33-13-4-6-16(25)18(8-13)37-22(26,27)28/h3-8,17,30,35H,2,9-10H2,1H3,(H2,31,32,33). The summed E-state index contributed by atoms with van der Waals surface area (Å²) < 4.78 is 55.0. The van der Waals surface area contributed by atoms with Crippen LogP contribution >= 0.6 is 23.2 Å². The summed E-state index contributed by atoms with van der Waals surface area (Å²) in [4.78, 5) is 17.7. The second-order valence-corrected chi connectivity index (χ2v) is 7.95. The summed E-state index contributed by atoms with van der Waals surface area (Å²) in [6.45, 7) is 0.512. The molecule has 1 amide bonds. The van der Waals surface area contributed by atoms with E-state index in [1.165, 1.54) is 23.1 Å². The van der Waals surface area contributed by atoms with Crippen molar-refractivity contribution in [1.82, 2.24) is 10.2 Å². The summed E-state index contributed by atoms with van der Waals surface area (Å²) in [5.41, 5.74) is 0.0657. The number of guanidine groups is 1. The minimum atomic E-state index is -5.14. The molecule has 1 atom stereocenters. The number of aliphatic hydroxyl groups excluding tert-OH is 1. The predicted octanol–water partition coefficient (Wildman–Crippen LogP) is 4.15. The summed E-state index contributed by atoms with van der Waals surface area (Å²) in [6, 6.07) is 5.81. The zero-order valence-corrected chi connectivity index (χ0v) is 20.5. The van der Waals surface area contributed by atoms with E-state index >= 15 is 0 Å². The van der Waals surface area contributed by atoms with Crippen LogP contribution in [-0.2, 0) is 4.79 Å². The van der Waals surface area contributed by atoms with E-state index in [9.17, 15) is 27.5 Å². The molecule has 4 N–H and O–H groups in total. The molecule has 2 rings (SSSR count). The average Bonchev–Trinajstić information content (AvgIpc) is 2.83. The molecular weight excluding hydrogens is 543 g/mol. The van der Waals surface area contributed by atoms with Crippen molar-refractivity contribution >= 4 is 46.5 Å². The number of ether oxygens (including phenoxy) is 1. The van der Waals surface area contributed by atoms with Crippen LogP contribution in [0.5, 0.6) is 5.75 Å². The van der Waals surface area contributed by atoms with Gasteiger partial charge in [-0.05, 0) is 36.8 Å². The number of aliphatic imine (C=N–C) groups is 1. The molecule has 9 nitrogen and oxygen atoms in total. The van der Waals surface area contributed by atoms with E-state index in [0.29, 0.717) is 11.6 Å². The van der Waals surface area contributed by atoms with Gasteiger partial charge in [-0.3, -0.25) is 10.1 Å². The highest BCUT2D eigenvalue weighted by atomic mass is 35.5. The van der Waals surface area contributed by atoms with Gasteiger partial charge in [0.05, 0.1) is 28.3 Å². The molecule has 0 aliphatic carbocycles. The Balaban J connectivity index is 2.40. The van der Waals surface area contributed by atoms with Crippen molar-refractivity contribution < 1.29 is 32.2 Å². The summed E-state index contributed by atoms with van der Waals surface area (Å²) in [5.74, 6) is -3.38. The highest BCUT2D eigenvalue weighted by Gasteiger charge is 2.32. The van der Waals surface area contributed by atoms with Crippen LogP contribution < -0.4 is 15.4 Å². The topological polar surface area (TPSA) is 134 Å². The van der Waals surface area contributed by atoms with E-state index in [0.717, 1.165) is 12.1 Å². The normalized spacial score (nSPS) is 12.4. The van der Waals surface area contributed by atoms with Gasteiger partial charge in [-0.1, -0.05) is 29.3 Å². The zero-order chi connectivity index (χ0) is 27.8. The number of carbonyl (C=O) groups excluding carboxylic acids is 1. The van der Waals surface area contributed by atoms with Crippen molar-refractivity contribution in [2.75, 3.05) is 25.0 Å². The SMILES string of the molecule is CCN(C(=O)CO)C(CN=C(NC#N)Nc1ccc(F)c(OC(F)(F)F)c1)C(=N)c1ccc(Cl)c(Cl)c1. The Hall–Kier alpha value is -3.60. The molecule has 1 unspecified atom stereocenters. The molecule has 0 bridgehead atoms. The summed E-state index contributed by atoms with van der Waals surface area (Å²) in [5, 5.41) is 32.2. The Bertz CT molecular complexity index is 1220. The van der Waals surface area contributed by atoms with E-state index in [-0.39, 0.29) is 40.5 Å². The summed E-state index contributed by atoms with van der Waals surface area (Å²) >= 11 is 12.0. The van der Waals surface area contributed by atoms with Crippen LogP contribution in [0.4, 0.5) is 23.2 Å². The number of anilines is 1. The third-order valence-electron chi connectivity index (χ3n) is 4.75. The Morgan fingerprint density at radius 3 is 2.54 bits per heavy atom. The number of likely N-dealkylation sites (N-methyl/N-ethyl adjacent to an activating group) is 1. The number of amides is 1. The smallest absolute Gasteiger partial charge is 0.403 e. The molecular formula is C22H20Cl2F4N6O3. The van der Waals surface area contributed by atoms with Crippen LogP contribution in [0.2, 0.25) is 10.0 Å². The molecule has 0 fully saturated rings. The number of aliphatic hydroxyl groups is 1. The Labute approximate surface area is 218 Å². The number of benzene rings is 2. The van der Waals surface area contributed by atoms with Gasteiger partial charge in [0.15, 0.2) is 17.8 Å². The quantitative estimate of drug-likeness (QED) is 0.119. The van der Waals surface area contributed by atoms with Gasteiger partial charge in [-0.15, -0.1) is 13.2 Å². The van der Waals surface area contributed by atoms with E-state index in [1.54, 1.807) is 13.1 Å². The largest absolute Gasteiger partial charge is 0.573 e. The number of nitriles is 1. The van der Waals surface area contributed by atoms with Crippen molar-refractivity contribution in [2.45, 2.75) is 19.3 Å². The Kier molecular flexibility index (Phi) is 10.5. The van der Waals surface area contributed by atoms with E-state index in [4.69, 9.17) is 33.9 Å². The lowest BCUT2D eigenvalue weighted by Gasteiger charge is -2.30. The Morgan fingerprint density at radius 2 is 1.97 bits per heavy atom. The van der Waals surface area contributed by atoms with Gasteiger partial charge in [0.1, 0.15) is 6.61 Å². The van der Waals surface area contributed by atoms with E-state index in [1.807, 2.05) is 0 Å². The molecule has 0 saturated heterocycles. The molecule has 0 aliphatic heterocycles. The van der Waals surface area contributed by atoms with E-state index < -0.39 is 36.5 Å². The fraction of sp³-hybridized carbons (Fsp3) is 0.273. The van der Waals surface area contributed by atoms with Gasteiger partial charge < -0.3 is 25.5 Å². The van der Waals surface area contributed by atoms with Gasteiger partial charge >= 0.3 is 6.36 Å². The number of carbonyl (C=O) groups is 1. The maximum atomic E-state index is 13.7. The van der Waals surface area contributed by atoms with E-state index in [2.05, 4.69) is 20.4 Å². The van der Waals surface area contributed by atoms with Crippen LogP contribution in [-0.4, -0.2) is 59.7 Å². The molecule has 2 aromatic carbocycles. The number of nitrogens with zero attached hydrogens (tertiary/aromatic N) is 3. The fourth-order valence-corrected chi connectivity index (χ4v) is 3.42. The predicted molar refractivity (Wildman–Crippen MR) is 129 cm³/mol. The van der Waals surface area contributed by atoms with Crippen molar-refractivity contribution in [3.05, 3.63) is 57.8 Å². The van der Waals surface area contributed by atoms with Crippen LogP contribution in [0.3, 0.4) is 0 Å². The summed E-state index contributed by atoms with van der Waals surface area (Å²) in [7, 11) is 0. The molecule has 37 heavy (non-hydrogen) atoms. The molecule has 198 valence electrons. The fourth-order valence-electron chi connectivity index (χ4n) is 3.12. The van der Waals surface area contributed by atoms with Crippen molar-refractivity contribution in [1.29, 1.82) is 10.7 Å². The van der Waals surface area contributed by atoms with Crippen molar-refractivity contribution in [3.63, 3.8) is 0 Å². The monoisotopic (exact) mass is 562 g/mol. The van der Waals surface area contributed by atoms with Crippen LogP contribution in [0.1, 0.15) is 12.5 Å². The molecule has 0 aliphatic rings. The number of rotatable bonds is 9. The van der Waals surface area contributed by atoms with Gasteiger partial charge in [-0.2, -0.15) is 5.26 Å². The minimum Gasteiger partial charge on any atom is -0.403 e. The number of hydrogen-bond acceptors (Lipinski definition) is 6. The lowest BCUT2D eigenvalue weighted by Crippen LogP contribution is -2.48. The lowest BCUT2D eigenvalue weighted by atomic mass is 10.0. The minimum absolute atomic E-state index is 0.0772. The molecule has 0 heterocycles. The van der Waals surface area contributed by atoms with Crippen LogP contribution in [0.25, 0.3) is 0 Å². The molecule has 15 heteroatoms. The number of alkyl halides is 3. The molecule has 0 saturated carbocycles. The number of halogens is 6. The molecule has 2 aromatic rings. The highest BCUT2D eigenvalue weighted by Crippen LogP contribution is 2.28. The third-order valence-corrected chi connectivity index (χ3v) is 5.49. The second-order valence-electron chi connectivity index (χ2n) is 7.14. The molecule has 0 aromatic heterocycles. The average molecular weight is 563 g/mol. The second kappa shape index (κ2) is 13.1. The number of hydrogen-bond donors (Lipinski definition) is 4. The van der Waals surface area contributed by atoms with Crippen molar-refractivity contribution in [3.8, 4) is 11.9 Å². The first-order chi connectivity index (χ1) is 17.4. The maximum Gasteiger partial charge on any atom is 0.573 e. The molecule has 0 radical (unpaired) electrons. The van der Waals surface area contributed by atoms with Crippen LogP contribution in [0.15, 0.2) is 41.4 Å². The molecule has 0 spiro atoms. The van der Waals surface area contributed by atoms with Gasteiger partial charge in [0.25, 0.3) is 0 Å². The zero-order valence-electron chi connectivity index (χ0n) is 19.0. The van der Waals surface area contributed by atoms with Gasteiger partial charge in [-0.25, -0.2) is 9.38 Å².